The first-order chi connectivity index (χ1) is 7.46. The number of carbonyl (C=O) groups excluding carboxylic acids is 1. The van der Waals surface area contributed by atoms with Crippen molar-refractivity contribution in [2.75, 3.05) is 19.8 Å². The predicted molar refractivity (Wildman–Crippen MR) is 62.0 cm³/mol. The Bertz CT molecular complexity index is 283. The predicted octanol–water partition coefficient (Wildman–Crippen LogP) is 0.895. The lowest BCUT2D eigenvalue weighted by molar-refractivity contribution is -0.152. The Kier molecular flexibility index (Phi) is 2.97. The second-order valence-corrected chi connectivity index (χ2v) is 5.69. The maximum Gasteiger partial charge on any atom is 0.243 e. The van der Waals surface area contributed by atoms with E-state index in [9.17, 15) is 4.79 Å². The van der Waals surface area contributed by atoms with Crippen molar-refractivity contribution in [3.63, 3.8) is 0 Å². The van der Waals surface area contributed by atoms with Crippen LogP contribution in [0.2, 0.25) is 0 Å². The molecule has 0 unspecified atom stereocenters. The highest BCUT2D eigenvalue weighted by Crippen LogP contribution is 2.32. The van der Waals surface area contributed by atoms with Crippen LogP contribution in [0.25, 0.3) is 0 Å². The molecule has 0 radical (unpaired) electrons. The molecule has 16 heavy (non-hydrogen) atoms. The van der Waals surface area contributed by atoms with Crippen molar-refractivity contribution in [2.24, 2.45) is 5.73 Å². The van der Waals surface area contributed by atoms with Crippen LogP contribution in [0, 0.1) is 0 Å². The van der Waals surface area contributed by atoms with Gasteiger partial charge in [-0.3, -0.25) is 4.79 Å². The van der Waals surface area contributed by atoms with Gasteiger partial charge in [0, 0.05) is 6.54 Å². The molecule has 1 amide bonds. The van der Waals surface area contributed by atoms with Crippen molar-refractivity contribution in [3.05, 3.63) is 0 Å². The van der Waals surface area contributed by atoms with Gasteiger partial charge in [-0.05, 0) is 26.7 Å². The van der Waals surface area contributed by atoms with Crippen LogP contribution in [-0.4, -0.2) is 41.6 Å². The molecule has 1 aliphatic carbocycles. The zero-order valence-electron chi connectivity index (χ0n) is 10.3. The van der Waals surface area contributed by atoms with Gasteiger partial charge in [0.15, 0.2) is 0 Å². The summed E-state index contributed by atoms with van der Waals surface area (Å²) in [6, 6.07) is 0. The van der Waals surface area contributed by atoms with Gasteiger partial charge >= 0.3 is 0 Å². The number of amides is 1. The molecule has 0 aromatic rings. The first-order valence-electron chi connectivity index (χ1n) is 6.14. The average Bonchev–Trinajstić information content (AvgIpc) is 2.65. The number of morpholine rings is 1. The summed E-state index contributed by atoms with van der Waals surface area (Å²) < 4.78 is 5.43. The van der Waals surface area contributed by atoms with Gasteiger partial charge in [0.1, 0.15) is 0 Å². The van der Waals surface area contributed by atoms with Gasteiger partial charge in [0.25, 0.3) is 0 Å². The Labute approximate surface area is 97.1 Å². The zero-order chi connectivity index (χ0) is 11.8. The summed E-state index contributed by atoms with van der Waals surface area (Å²) in [5.74, 6) is 0.123. The second-order valence-electron chi connectivity index (χ2n) is 5.69. The topological polar surface area (TPSA) is 55.6 Å². The molecule has 2 fully saturated rings. The lowest BCUT2D eigenvalue weighted by atomic mass is 9.93. The van der Waals surface area contributed by atoms with Crippen LogP contribution in [0.15, 0.2) is 0 Å². The second kappa shape index (κ2) is 4.00. The molecule has 0 bridgehead atoms. The molecular formula is C12H22N2O2. The van der Waals surface area contributed by atoms with Gasteiger partial charge in [0.2, 0.25) is 5.91 Å². The van der Waals surface area contributed by atoms with Crippen LogP contribution in [-0.2, 0) is 9.53 Å². The van der Waals surface area contributed by atoms with Gasteiger partial charge in [-0.25, -0.2) is 0 Å². The molecule has 4 heteroatoms. The van der Waals surface area contributed by atoms with E-state index in [1.807, 2.05) is 18.7 Å². The third-order valence-corrected chi connectivity index (χ3v) is 3.81. The van der Waals surface area contributed by atoms with Crippen LogP contribution < -0.4 is 5.73 Å². The number of nitrogens with zero attached hydrogens (tertiary/aromatic N) is 1. The lowest BCUT2D eigenvalue weighted by Crippen LogP contribution is -2.63. The average molecular weight is 226 g/mol. The molecule has 92 valence electrons. The fraction of sp³-hybridized carbons (Fsp3) is 0.917. The van der Waals surface area contributed by atoms with Crippen molar-refractivity contribution in [2.45, 2.75) is 50.6 Å². The summed E-state index contributed by atoms with van der Waals surface area (Å²) in [5.41, 5.74) is 5.40. The molecule has 0 aromatic heterocycles. The molecule has 2 aliphatic rings. The summed E-state index contributed by atoms with van der Waals surface area (Å²) in [4.78, 5) is 14.4. The van der Waals surface area contributed by atoms with Crippen molar-refractivity contribution in [3.8, 4) is 0 Å². The fourth-order valence-corrected chi connectivity index (χ4v) is 2.72. The summed E-state index contributed by atoms with van der Waals surface area (Å²) in [7, 11) is 0. The minimum absolute atomic E-state index is 0.123. The maximum atomic E-state index is 12.5. The standard InChI is InChI=1S/C12H22N2O2/c1-11(2)9-16-8-7-14(11)10(15)12(13)5-3-4-6-12/h3-9,13H2,1-2H3. The minimum atomic E-state index is -0.603. The van der Waals surface area contributed by atoms with Gasteiger partial charge in [-0.1, -0.05) is 12.8 Å². The molecule has 1 saturated heterocycles. The first-order valence-corrected chi connectivity index (χ1v) is 6.14. The molecule has 1 heterocycles. The number of hydrogen-bond donors (Lipinski definition) is 1. The summed E-state index contributed by atoms with van der Waals surface area (Å²) in [6.45, 7) is 6.00. The number of rotatable bonds is 1. The Morgan fingerprint density at radius 1 is 1.31 bits per heavy atom. The molecule has 2 N–H and O–H groups in total. The highest BCUT2D eigenvalue weighted by molar-refractivity contribution is 5.87. The van der Waals surface area contributed by atoms with E-state index in [-0.39, 0.29) is 11.4 Å². The van der Waals surface area contributed by atoms with Crippen LogP contribution in [0.4, 0.5) is 0 Å². The van der Waals surface area contributed by atoms with Crippen LogP contribution in [0.5, 0.6) is 0 Å². The summed E-state index contributed by atoms with van der Waals surface area (Å²) in [5, 5.41) is 0. The van der Waals surface area contributed by atoms with E-state index >= 15 is 0 Å². The van der Waals surface area contributed by atoms with E-state index in [4.69, 9.17) is 10.5 Å². The van der Waals surface area contributed by atoms with Gasteiger partial charge in [0.05, 0.1) is 24.3 Å². The van der Waals surface area contributed by atoms with E-state index < -0.39 is 5.54 Å². The van der Waals surface area contributed by atoms with E-state index in [0.29, 0.717) is 19.8 Å². The zero-order valence-corrected chi connectivity index (χ0v) is 10.3. The van der Waals surface area contributed by atoms with Crippen LogP contribution in [0.3, 0.4) is 0 Å². The van der Waals surface area contributed by atoms with Crippen LogP contribution in [0.1, 0.15) is 39.5 Å². The molecule has 0 spiro atoms. The van der Waals surface area contributed by atoms with Gasteiger partial charge in [-0.2, -0.15) is 0 Å². The minimum Gasteiger partial charge on any atom is -0.377 e. The van der Waals surface area contributed by atoms with E-state index in [0.717, 1.165) is 25.7 Å². The summed E-state index contributed by atoms with van der Waals surface area (Å²) in [6.07, 6.45) is 3.82. The Balaban J connectivity index is 2.13. The Hall–Kier alpha value is -0.610. The molecule has 2 rings (SSSR count). The summed E-state index contributed by atoms with van der Waals surface area (Å²) >= 11 is 0. The number of ether oxygens (including phenoxy) is 1. The Morgan fingerprint density at radius 2 is 1.94 bits per heavy atom. The van der Waals surface area contributed by atoms with Gasteiger partial charge < -0.3 is 15.4 Å². The molecular weight excluding hydrogens is 204 g/mol. The van der Waals surface area contributed by atoms with E-state index in [2.05, 4.69) is 0 Å². The fourth-order valence-electron chi connectivity index (χ4n) is 2.72. The molecule has 0 aromatic carbocycles. The molecule has 1 saturated carbocycles. The third-order valence-electron chi connectivity index (χ3n) is 3.81. The largest absolute Gasteiger partial charge is 0.377 e. The van der Waals surface area contributed by atoms with Crippen molar-refractivity contribution in [1.82, 2.24) is 4.90 Å². The first kappa shape index (κ1) is 11.9. The molecule has 0 atom stereocenters. The van der Waals surface area contributed by atoms with Gasteiger partial charge in [-0.15, -0.1) is 0 Å². The monoisotopic (exact) mass is 226 g/mol. The SMILES string of the molecule is CC1(C)COCCN1C(=O)C1(N)CCCC1. The Morgan fingerprint density at radius 3 is 2.50 bits per heavy atom. The lowest BCUT2D eigenvalue weighted by Gasteiger charge is -2.45. The highest BCUT2D eigenvalue weighted by Gasteiger charge is 2.45. The highest BCUT2D eigenvalue weighted by atomic mass is 16.5. The van der Waals surface area contributed by atoms with E-state index in [1.54, 1.807) is 0 Å². The van der Waals surface area contributed by atoms with Crippen LogP contribution >= 0.6 is 0 Å². The number of nitrogens with two attached hydrogens (primary N) is 1. The van der Waals surface area contributed by atoms with E-state index in [1.165, 1.54) is 0 Å². The number of hydrogen-bond acceptors (Lipinski definition) is 3. The maximum absolute atomic E-state index is 12.5. The normalized spacial score (nSPS) is 28.1. The smallest absolute Gasteiger partial charge is 0.243 e. The number of carbonyl (C=O) groups is 1. The van der Waals surface area contributed by atoms with Crippen molar-refractivity contribution in [1.29, 1.82) is 0 Å². The molecule has 4 nitrogen and oxygen atoms in total. The van der Waals surface area contributed by atoms with Crippen molar-refractivity contribution >= 4 is 5.91 Å². The quantitative estimate of drug-likeness (QED) is 0.722. The third kappa shape index (κ3) is 1.96. The van der Waals surface area contributed by atoms with Crippen molar-refractivity contribution < 1.29 is 9.53 Å². The molecule has 1 aliphatic heterocycles.